The number of hydrogen-bond acceptors (Lipinski definition) is 2. The third kappa shape index (κ3) is 2.27. The first kappa shape index (κ1) is 9.98. The Hall–Kier alpha value is -1.55. The maximum absolute atomic E-state index is 10.6. The van der Waals surface area contributed by atoms with Crippen LogP contribution in [0.3, 0.4) is 0 Å². The molecule has 15 heavy (non-hydrogen) atoms. The second-order valence-electron chi connectivity index (χ2n) is 3.69. The van der Waals surface area contributed by atoms with Gasteiger partial charge in [0.1, 0.15) is 0 Å². The standard InChI is InChI=1S/C11H14N2O2/c14-11(15)13-9-6-7-12-10(9)8-4-2-1-3-5-8/h1-5,9-10,12-13H,6-7H2,(H,14,15)/t9-,10+/m1/s1. The summed E-state index contributed by atoms with van der Waals surface area (Å²) in [5.41, 5.74) is 1.13. The van der Waals surface area contributed by atoms with Gasteiger partial charge in [-0.1, -0.05) is 30.3 Å². The van der Waals surface area contributed by atoms with Crippen LogP contribution in [0.15, 0.2) is 30.3 Å². The van der Waals surface area contributed by atoms with Gasteiger partial charge in [-0.2, -0.15) is 0 Å². The van der Waals surface area contributed by atoms with Gasteiger partial charge in [0.25, 0.3) is 0 Å². The number of carboxylic acid groups (broad SMARTS) is 1. The van der Waals surface area contributed by atoms with Crippen LogP contribution >= 0.6 is 0 Å². The number of hydrogen-bond donors (Lipinski definition) is 3. The zero-order valence-electron chi connectivity index (χ0n) is 8.31. The van der Waals surface area contributed by atoms with E-state index in [-0.39, 0.29) is 12.1 Å². The number of amides is 1. The molecule has 4 nitrogen and oxygen atoms in total. The Morgan fingerprint density at radius 2 is 2.13 bits per heavy atom. The predicted octanol–water partition coefficient (Wildman–Crippen LogP) is 1.36. The fraction of sp³-hybridized carbons (Fsp3) is 0.364. The van der Waals surface area contributed by atoms with Crippen LogP contribution in [0.5, 0.6) is 0 Å². The van der Waals surface area contributed by atoms with Crippen molar-refractivity contribution in [2.24, 2.45) is 0 Å². The fourth-order valence-corrected chi connectivity index (χ4v) is 2.03. The third-order valence-electron chi connectivity index (χ3n) is 2.69. The van der Waals surface area contributed by atoms with Crippen LogP contribution in [-0.2, 0) is 0 Å². The lowest BCUT2D eigenvalue weighted by molar-refractivity contribution is 0.188. The lowest BCUT2D eigenvalue weighted by Crippen LogP contribution is -2.37. The molecular formula is C11H14N2O2. The first-order valence-electron chi connectivity index (χ1n) is 5.05. The molecule has 3 N–H and O–H groups in total. The highest BCUT2D eigenvalue weighted by molar-refractivity contribution is 5.65. The average molecular weight is 206 g/mol. The maximum Gasteiger partial charge on any atom is 0.404 e. The Bertz CT molecular complexity index is 340. The molecule has 1 aliphatic rings. The largest absolute Gasteiger partial charge is 0.465 e. The van der Waals surface area contributed by atoms with Gasteiger partial charge in [-0.3, -0.25) is 0 Å². The fourth-order valence-electron chi connectivity index (χ4n) is 2.03. The highest BCUT2D eigenvalue weighted by Crippen LogP contribution is 2.23. The molecule has 0 spiro atoms. The summed E-state index contributed by atoms with van der Waals surface area (Å²) in [5.74, 6) is 0. The SMILES string of the molecule is O=C(O)N[C@@H]1CCN[C@H]1c1ccccc1. The van der Waals surface area contributed by atoms with Gasteiger partial charge in [-0.05, 0) is 18.5 Å². The molecule has 4 heteroatoms. The molecule has 1 fully saturated rings. The van der Waals surface area contributed by atoms with Gasteiger partial charge in [0, 0.05) is 0 Å². The smallest absolute Gasteiger partial charge is 0.404 e. The van der Waals surface area contributed by atoms with Crippen LogP contribution in [-0.4, -0.2) is 23.8 Å². The predicted molar refractivity (Wildman–Crippen MR) is 56.8 cm³/mol. The topological polar surface area (TPSA) is 61.4 Å². The van der Waals surface area contributed by atoms with E-state index >= 15 is 0 Å². The second kappa shape index (κ2) is 4.31. The second-order valence-corrected chi connectivity index (χ2v) is 3.69. The molecule has 1 aliphatic heterocycles. The summed E-state index contributed by atoms with van der Waals surface area (Å²) in [6.45, 7) is 0.852. The molecule has 1 aromatic rings. The summed E-state index contributed by atoms with van der Waals surface area (Å²) >= 11 is 0. The summed E-state index contributed by atoms with van der Waals surface area (Å²) in [7, 11) is 0. The number of carbonyl (C=O) groups is 1. The van der Waals surface area contributed by atoms with Gasteiger partial charge in [-0.15, -0.1) is 0 Å². The Labute approximate surface area is 88.3 Å². The van der Waals surface area contributed by atoms with Gasteiger partial charge in [0.05, 0.1) is 12.1 Å². The molecule has 80 valence electrons. The quantitative estimate of drug-likeness (QED) is 0.684. The van der Waals surface area contributed by atoms with Crippen molar-refractivity contribution < 1.29 is 9.90 Å². The molecule has 2 atom stereocenters. The van der Waals surface area contributed by atoms with Crippen LogP contribution in [0.2, 0.25) is 0 Å². The highest BCUT2D eigenvalue weighted by atomic mass is 16.4. The molecule has 1 aromatic carbocycles. The van der Waals surface area contributed by atoms with Crippen molar-refractivity contribution >= 4 is 6.09 Å². The normalized spacial score (nSPS) is 25.1. The lowest BCUT2D eigenvalue weighted by Gasteiger charge is -2.19. The van der Waals surface area contributed by atoms with Gasteiger partial charge in [-0.25, -0.2) is 4.79 Å². The Balaban J connectivity index is 2.11. The van der Waals surface area contributed by atoms with Gasteiger partial charge >= 0.3 is 6.09 Å². The van der Waals surface area contributed by atoms with Gasteiger partial charge < -0.3 is 15.7 Å². The molecule has 0 bridgehead atoms. The van der Waals surface area contributed by atoms with E-state index in [0.717, 1.165) is 18.5 Å². The van der Waals surface area contributed by atoms with E-state index in [1.54, 1.807) is 0 Å². The zero-order chi connectivity index (χ0) is 10.7. The molecule has 0 unspecified atom stereocenters. The third-order valence-corrected chi connectivity index (χ3v) is 2.69. The number of benzene rings is 1. The molecule has 2 rings (SSSR count). The summed E-state index contributed by atoms with van der Waals surface area (Å²) in [4.78, 5) is 10.6. The highest BCUT2D eigenvalue weighted by Gasteiger charge is 2.28. The molecule has 0 aliphatic carbocycles. The van der Waals surface area contributed by atoms with Crippen LogP contribution in [0.1, 0.15) is 18.0 Å². The van der Waals surface area contributed by atoms with E-state index in [1.807, 2.05) is 30.3 Å². The average Bonchev–Trinajstić information content (AvgIpc) is 2.66. The van der Waals surface area contributed by atoms with E-state index in [0.29, 0.717) is 0 Å². The van der Waals surface area contributed by atoms with Crippen molar-refractivity contribution in [3.8, 4) is 0 Å². The minimum absolute atomic E-state index is 0.0232. The van der Waals surface area contributed by atoms with Gasteiger partial charge in [0.15, 0.2) is 0 Å². The van der Waals surface area contributed by atoms with E-state index in [2.05, 4.69) is 10.6 Å². The first-order valence-corrected chi connectivity index (χ1v) is 5.05. The van der Waals surface area contributed by atoms with Crippen molar-refractivity contribution in [2.75, 3.05) is 6.54 Å². The van der Waals surface area contributed by atoms with Crippen molar-refractivity contribution in [3.05, 3.63) is 35.9 Å². The Morgan fingerprint density at radius 3 is 2.80 bits per heavy atom. The van der Waals surface area contributed by atoms with Gasteiger partial charge in [0.2, 0.25) is 0 Å². The van der Waals surface area contributed by atoms with Crippen molar-refractivity contribution in [2.45, 2.75) is 18.5 Å². The van der Waals surface area contributed by atoms with Crippen molar-refractivity contribution in [1.29, 1.82) is 0 Å². The zero-order valence-corrected chi connectivity index (χ0v) is 8.31. The Morgan fingerprint density at radius 1 is 1.40 bits per heavy atom. The minimum Gasteiger partial charge on any atom is -0.465 e. The van der Waals surface area contributed by atoms with Crippen LogP contribution < -0.4 is 10.6 Å². The van der Waals surface area contributed by atoms with E-state index in [9.17, 15) is 4.79 Å². The Kier molecular flexibility index (Phi) is 2.87. The van der Waals surface area contributed by atoms with E-state index in [4.69, 9.17) is 5.11 Å². The van der Waals surface area contributed by atoms with Crippen LogP contribution in [0.25, 0.3) is 0 Å². The van der Waals surface area contributed by atoms with Crippen LogP contribution in [0.4, 0.5) is 4.79 Å². The van der Waals surface area contributed by atoms with Crippen LogP contribution in [0, 0.1) is 0 Å². The summed E-state index contributed by atoms with van der Waals surface area (Å²) in [6.07, 6.45) is -0.115. The van der Waals surface area contributed by atoms with Crippen molar-refractivity contribution in [3.63, 3.8) is 0 Å². The molecule has 0 aromatic heterocycles. The summed E-state index contributed by atoms with van der Waals surface area (Å²) in [5, 5.41) is 14.5. The molecule has 0 radical (unpaired) electrons. The molecule has 0 saturated carbocycles. The maximum atomic E-state index is 10.6. The van der Waals surface area contributed by atoms with E-state index in [1.165, 1.54) is 0 Å². The molecule has 1 amide bonds. The number of nitrogens with one attached hydrogen (secondary N) is 2. The summed E-state index contributed by atoms with van der Waals surface area (Å²) in [6, 6.07) is 9.99. The summed E-state index contributed by atoms with van der Waals surface area (Å²) < 4.78 is 0. The molecule has 1 saturated heterocycles. The minimum atomic E-state index is -0.954. The van der Waals surface area contributed by atoms with Crippen molar-refractivity contribution in [1.82, 2.24) is 10.6 Å². The molecule has 1 heterocycles. The first-order chi connectivity index (χ1) is 7.27. The van der Waals surface area contributed by atoms with E-state index < -0.39 is 6.09 Å². The molecular weight excluding hydrogens is 192 g/mol. The monoisotopic (exact) mass is 206 g/mol. The number of rotatable bonds is 2. The lowest BCUT2D eigenvalue weighted by atomic mass is 10.0.